The van der Waals surface area contributed by atoms with Crippen molar-refractivity contribution in [2.45, 2.75) is 13.8 Å². The van der Waals surface area contributed by atoms with E-state index < -0.39 is 5.91 Å². The van der Waals surface area contributed by atoms with Crippen molar-refractivity contribution in [1.29, 1.82) is 0 Å². The topological polar surface area (TPSA) is 63.6 Å². The Hall–Kier alpha value is -2.88. The van der Waals surface area contributed by atoms with E-state index in [1.165, 1.54) is 30.3 Å². The first kappa shape index (κ1) is 17.2. The van der Waals surface area contributed by atoms with Crippen LogP contribution >= 0.6 is 0 Å². The molecule has 0 heterocycles. The lowest BCUT2D eigenvalue weighted by Crippen LogP contribution is -1.97. The van der Waals surface area contributed by atoms with Crippen molar-refractivity contribution in [3.05, 3.63) is 82.3 Å². The summed E-state index contributed by atoms with van der Waals surface area (Å²) in [5.41, 5.74) is 1.54. The van der Waals surface area contributed by atoms with E-state index in [4.69, 9.17) is 0 Å². The molecule has 112 valence electrons. The zero-order valence-corrected chi connectivity index (χ0v) is 12.5. The molecule has 22 heavy (non-hydrogen) atoms. The first-order valence-corrected chi connectivity index (χ1v) is 6.96. The third-order valence-electron chi connectivity index (χ3n) is 2.73. The van der Waals surface area contributed by atoms with Crippen LogP contribution < -0.4 is 0 Å². The van der Waals surface area contributed by atoms with Gasteiger partial charge in [0.25, 0.3) is 0 Å². The molecule has 4 heteroatoms. The highest BCUT2D eigenvalue weighted by Crippen LogP contribution is 2.09. The van der Waals surface area contributed by atoms with Crippen molar-refractivity contribution >= 4 is 17.8 Å². The molecule has 0 aliphatic heterocycles. The summed E-state index contributed by atoms with van der Waals surface area (Å²) >= 11 is 0. The molecule has 2 aromatic carbocycles. The first-order chi connectivity index (χ1) is 10.7. The van der Waals surface area contributed by atoms with Crippen molar-refractivity contribution in [3.63, 3.8) is 0 Å². The summed E-state index contributed by atoms with van der Waals surface area (Å²) in [5.74, 6) is -1.02. The van der Waals surface area contributed by atoms with Crippen LogP contribution in [0.3, 0.4) is 0 Å². The van der Waals surface area contributed by atoms with Crippen molar-refractivity contribution in [2.75, 3.05) is 0 Å². The summed E-state index contributed by atoms with van der Waals surface area (Å²) in [5, 5.41) is 2.32. The number of nitrogens with zero attached hydrogens (tertiary/aromatic N) is 1. The molecule has 4 nitrogen and oxygen atoms in total. The fourth-order valence-corrected chi connectivity index (χ4v) is 1.66. The molecule has 2 rings (SSSR count). The van der Waals surface area contributed by atoms with Crippen LogP contribution in [-0.2, 0) is 0 Å². The third-order valence-corrected chi connectivity index (χ3v) is 2.73. The van der Waals surface area contributed by atoms with Crippen LogP contribution in [0.15, 0.2) is 65.9 Å². The molecule has 0 fully saturated rings. The maximum Gasteiger partial charge on any atom is 0.316 e. The van der Waals surface area contributed by atoms with E-state index >= 15 is 0 Å². The number of nitroso groups, excluding NO2 is 1. The zero-order chi connectivity index (χ0) is 16.4. The first-order valence-electron chi connectivity index (χ1n) is 6.96. The number of carbonyl (C=O) groups is 2. The fraction of sp³-hybridized carbons (Fsp3) is 0.111. The molecule has 0 aliphatic carbocycles. The van der Waals surface area contributed by atoms with E-state index in [9.17, 15) is 14.5 Å². The minimum absolute atomic E-state index is 0.170. The molecule has 0 unspecified atom stereocenters. The molecule has 0 saturated carbocycles. The van der Waals surface area contributed by atoms with Crippen LogP contribution in [-0.4, -0.2) is 11.7 Å². The number of hydrogen-bond donors (Lipinski definition) is 0. The molecular weight excluding hydrogens is 278 g/mol. The van der Waals surface area contributed by atoms with Crippen LogP contribution in [0.2, 0.25) is 0 Å². The molecule has 0 saturated heterocycles. The molecule has 0 aliphatic rings. The summed E-state index contributed by atoms with van der Waals surface area (Å²) < 4.78 is 0. The van der Waals surface area contributed by atoms with Crippen LogP contribution in [0.5, 0.6) is 0 Å². The van der Waals surface area contributed by atoms with Crippen molar-refractivity contribution in [3.8, 4) is 0 Å². The smallest absolute Gasteiger partial charge is 0.289 e. The molecule has 1 amide bonds. The largest absolute Gasteiger partial charge is 0.316 e. The minimum atomic E-state index is -0.844. The Bertz CT molecular complexity index is 658. The van der Waals surface area contributed by atoms with Gasteiger partial charge in [-0.1, -0.05) is 62.4 Å². The highest BCUT2D eigenvalue weighted by atomic mass is 16.3. The Kier molecular flexibility index (Phi) is 7.13. The number of rotatable bonds is 4. The van der Waals surface area contributed by atoms with Crippen molar-refractivity contribution in [1.82, 2.24) is 0 Å². The highest BCUT2D eigenvalue weighted by Gasteiger charge is 2.07. The van der Waals surface area contributed by atoms with E-state index in [0.717, 1.165) is 5.56 Å². The van der Waals surface area contributed by atoms with Gasteiger partial charge in [-0.05, 0) is 23.8 Å². The van der Waals surface area contributed by atoms with Gasteiger partial charge in [0.2, 0.25) is 0 Å². The number of carbonyl (C=O) groups excluding carboxylic acids is 2. The van der Waals surface area contributed by atoms with E-state index in [1.807, 2.05) is 44.2 Å². The number of benzene rings is 2. The number of hydrogen-bond acceptors (Lipinski definition) is 3. The van der Waals surface area contributed by atoms with Gasteiger partial charge < -0.3 is 0 Å². The van der Waals surface area contributed by atoms with E-state index in [0.29, 0.717) is 5.56 Å². The predicted molar refractivity (Wildman–Crippen MR) is 87.7 cm³/mol. The zero-order valence-electron chi connectivity index (χ0n) is 12.5. The van der Waals surface area contributed by atoms with Gasteiger partial charge >= 0.3 is 5.91 Å². The van der Waals surface area contributed by atoms with Gasteiger partial charge in [0, 0.05) is 16.3 Å². The normalized spacial score (nSPS) is 9.73. The summed E-state index contributed by atoms with van der Waals surface area (Å²) in [6, 6.07) is 15.3. The second kappa shape index (κ2) is 9.13. The summed E-state index contributed by atoms with van der Waals surface area (Å²) in [4.78, 5) is 33.0. The lowest BCUT2D eigenvalue weighted by atomic mass is 10.1. The lowest BCUT2D eigenvalue weighted by Gasteiger charge is -1.97. The SMILES string of the molecule is CC.O=NC(=O)c1ccc(C(=O)/C=C/c2ccccc2)cc1. The van der Waals surface area contributed by atoms with Gasteiger partial charge in [-0.3, -0.25) is 9.59 Å². The van der Waals surface area contributed by atoms with Crippen LogP contribution in [0.1, 0.15) is 40.1 Å². The minimum Gasteiger partial charge on any atom is -0.289 e. The second-order valence-electron chi connectivity index (χ2n) is 4.08. The molecule has 0 N–H and O–H groups in total. The Labute approximate surface area is 129 Å². The molecule has 0 atom stereocenters. The monoisotopic (exact) mass is 295 g/mol. The fourth-order valence-electron chi connectivity index (χ4n) is 1.66. The molecule has 0 radical (unpaired) electrons. The van der Waals surface area contributed by atoms with Crippen molar-refractivity contribution < 1.29 is 9.59 Å². The maximum absolute atomic E-state index is 11.9. The number of ketones is 1. The van der Waals surface area contributed by atoms with Gasteiger partial charge in [-0.15, -0.1) is 4.91 Å². The van der Waals surface area contributed by atoms with Gasteiger partial charge in [0.15, 0.2) is 5.78 Å². The van der Waals surface area contributed by atoms with Gasteiger partial charge in [-0.25, -0.2) is 0 Å². The Balaban J connectivity index is 0.00000116. The number of amides is 1. The number of allylic oxidation sites excluding steroid dienone is 1. The van der Waals surface area contributed by atoms with E-state index in [1.54, 1.807) is 6.08 Å². The molecule has 0 spiro atoms. The predicted octanol–water partition coefficient (Wildman–Crippen LogP) is 4.52. The maximum atomic E-state index is 11.9. The Morgan fingerprint density at radius 2 is 1.41 bits per heavy atom. The summed E-state index contributed by atoms with van der Waals surface area (Å²) in [6.45, 7) is 4.00. The van der Waals surface area contributed by atoms with Gasteiger partial charge in [0.1, 0.15) is 0 Å². The van der Waals surface area contributed by atoms with Crippen molar-refractivity contribution in [2.24, 2.45) is 5.18 Å². The lowest BCUT2D eigenvalue weighted by molar-refractivity contribution is 0.0998. The highest BCUT2D eigenvalue weighted by molar-refractivity contribution is 6.07. The van der Waals surface area contributed by atoms with E-state index in [-0.39, 0.29) is 11.3 Å². The average molecular weight is 295 g/mol. The third kappa shape index (κ3) is 4.90. The quantitative estimate of drug-likeness (QED) is 0.473. The Morgan fingerprint density at radius 1 is 0.864 bits per heavy atom. The average Bonchev–Trinajstić information content (AvgIpc) is 2.61. The van der Waals surface area contributed by atoms with Crippen LogP contribution in [0.4, 0.5) is 0 Å². The molecule has 0 bridgehead atoms. The van der Waals surface area contributed by atoms with E-state index in [2.05, 4.69) is 5.18 Å². The molecule has 2 aromatic rings. The van der Waals surface area contributed by atoms with Gasteiger partial charge in [0.05, 0.1) is 0 Å². The van der Waals surface area contributed by atoms with Crippen LogP contribution in [0.25, 0.3) is 6.08 Å². The molecule has 0 aromatic heterocycles. The second-order valence-corrected chi connectivity index (χ2v) is 4.08. The Morgan fingerprint density at radius 3 is 1.95 bits per heavy atom. The van der Waals surface area contributed by atoms with Crippen LogP contribution in [0, 0.1) is 4.91 Å². The standard InChI is InChI=1S/C16H11NO3.C2H6/c18-15(11-6-12-4-2-1-3-5-12)13-7-9-14(10-8-13)16(19)17-20;1-2/h1-11H;1-2H3/b11-6+;. The summed E-state index contributed by atoms with van der Waals surface area (Å²) in [7, 11) is 0. The molecular formula is C18H17NO3. The van der Waals surface area contributed by atoms with Gasteiger partial charge in [-0.2, -0.15) is 0 Å². The summed E-state index contributed by atoms with van der Waals surface area (Å²) in [6.07, 6.45) is 3.18.